The van der Waals surface area contributed by atoms with Crippen molar-refractivity contribution in [3.05, 3.63) is 78.0 Å². The molecular weight excluding hydrogens is 330 g/mol. The van der Waals surface area contributed by atoms with Crippen molar-refractivity contribution in [2.24, 2.45) is 0 Å². The Kier molecular flexibility index (Phi) is 3.62. The predicted octanol–water partition coefficient (Wildman–Crippen LogP) is 4.45. The Morgan fingerprint density at radius 2 is 1.46 bits per heavy atom. The van der Waals surface area contributed by atoms with Crippen LogP contribution in [0.4, 0.5) is 0 Å². The lowest BCUT2D eigenvalue weighted by atomic mass is 9.91. The summed E-state index contributed by atoms with van der Waals surface area (Å²) < 4.78 is 0. The summed E-state index contributed by atoms with van der Waals surface area (Å²) >= 11 is 0. The summed E-state index contributed by atoms with van der Waals surface area (Å²) in [4.78, 5) is 27.8. The van der Waals surface area contributed by atoms with E-state index < -0.39 is 17.6 Å². The molecule has 0 saturated carbocycles. The monoisotopic (exact) mass is 343 g/mol. The standard InChI is InChI=1S/C21H13NO4/c23-20(24)18-16(13-7-2-1-3-8-13)17-14-9-5-4-6-12(14)10-11-15(17)22-19(18)21(25)26/h1-11H,(H,23,24)(H,25,26). The van der Waals surface area contributed by atoms with E-state index in [1.807, 2.05) is 36.4 Å². The second-order valence-corrected chi connectivity index (χ2v) is 5.87. The molecule has 0 saturated heterocycles. The Bertz CT molecular complexity index is 1180. The summed E-state index contributed by atoms with van der Waals surface area (Å²) in [6.07, 6.45) is 0. The van der Waals surface area contributed by atoms with Gasteiger partial charge in [0.15, 0.2) is 5.69 Å². The zero-order valence-corrected chi connectivity index (χ0v) is 13.5. The second-order valence-electron chi connectivity index (χ2n) is 5.87. The Morgan fingerprint density at radius 3 is 2.15 bits per heavy atom. The molecule has 0 aliphatic heterocycles. The van der Waals surface area contributed by atoms with E-state index in [9.17, 15) is 19.8 Å². The minimum absolute atomic E-state index is 0.299. The first kappa shape index (κ1) is 15.8. The number of carboxylic acid groups (broad SMARTS) is 2. The van der Waals surface area contributed by atoms with E-state index >= 15 is 0 Å². The van der Waals surface area contributed by atoms with Gasteiger partial charge in [0, 0.05) is 10.9 Å². The number of pyridine rings is 1. The predicted molar refractivity (Wildman–Crippen MR) is 98.6 cm³/mol. The summed E-state index contributed by atoms with van der Waals surface area (Å²) in [5, 5.41) is 21.7. The number of aromatic carboxylic acids is 2. The van der Waals surface area contributed by atoms with E-state index in [-0.39, 0.29) is 5.56 Å². The lowest BCUT2D eigenvalue weighted by Gasteiger charge is -2.15. The van der Waals surface area contributed by atoms with Crippen molar-refractivity contribution in [3.63, 3.8) is 0 Å². The summed E-state index contributed by atoms with van der Waals surface area (Å²) in [7, 11) is 0. The fourth-order valence-electron chi connectivity index (χ4n) is 3.29. The highest BCUT2D eigenvalue weighted by Gasteiger charge is 2.26. The maximum absolute atomic E-state index is 12.0. The van der Waals surface area contributed by atoms with Crippen LogP contribution in [0.5, 0.6) is 0 Å². The molecule has 0 spiro atoms. The fourth-order valence-corrected chi connectivity index (χ4v) is 3.29. The molecule has 0 unspecified atom stereocenters. The van der Waals surface area contributed by atoms with E-state index in [4.69, 9.17) is 0 Å². The van der Waals surface area contributed by atoms with Gasteiger partial charge in [0.2, 0.25) is 0 Å². The van der Waals surface area contributed by atoms with Crippen molar-refractivity contribution < 1.29 is 19.8 Å². The van der Waals surface area contributed by atoms with Gasteiger partial charge in [0.05, 0.1) is 5.52 Å². The maximum Gasteiger partial charge on any atom is 0.355 e. The van der Waals surface area contributed by atoms with Gasteiger partial charge in [-0.3, -0.25) is 0 Å². The lowest BCUT2D eigenvalue weighted by Crippen LogP contribution is -2.13. The van der Waals surface area contributed by atoms with Crippen LogP contribution in [-0.2, 0) is 0 Å². The van der Waals surface area contributed by atoms with Crippen LogP contribution in [-0.4, -0.2) is 27.1 Å². The van der Waals surface area contributed by atoms with Gasteiger partial charge < -0.3 is 10.2 Å². The van der Waals surface area contributed by atoms with Crippen molar-refractivity contribution in [3.8, 4) is 11.1 Å². The average molecular weight is 343 g/mol. The number of benzene rings is 3. The van der Waals surface area contributed by atoms with Crippen LogP contribution in [0.2, 0.25) is 0 Å². The molecule has 0 radical (unpaired) electrons. The molecule has 0 atom stereocenters. The molecule has 1 aromatic heterocycles. The van der Waals surface area contributed by atoms with Gasteiger partial charge in [-0.15, -0.1) is 0 Å². The number of fused-ring (bicyclic) bond motifs is 3. The van der Waals surface area contributed by atoms with Gasteiger partial charge in [-0.2, -0.15) is 0 Å². The van der Waals surface area contributed by atoms with Gasteiger partial charge in [0.25, 0.3) is 0 Å². The van der Waals surface area contributed by atoms with Gasteiger partial charge in [-0.1, -0.05) is 60.7 Å². The highest BCUT2D eigenvalue weighted by atomic mass is 16.4. The molecule has 2 N–H and O–H groups in total. The molecule has 126 valence electrons. The van der Waals surface area contributed by atoms with E-state index in [1.54, 1.807) is 30.3 Å². The number of nitrogens with zero attached hydrogens (tertiary/aromatic N) is 1. The molecule has 0 bridgehead atoms. The van der Waals surface area contributed by atoms with Gasteiger partial charge in [-0.25, -0.2) is 14.6 Å². The molecule has 5 nitrogen and oxygen atoms in total. The normalized spacial score (nSPS) is 10.9. The molecule has 26 heavy (non-hydrogen) atoms. The van der Waals surface area contributed by atoms with E-state index in [2.05, 4.69) is 4.98 Å². The van der Waals surface area contributed by atoms with Crippen molar-refractivity contribution in [1.82, 2.24) is 4.98 Å². The minimum atomic E-state index is -1.37. The number of hydrogen-bond donors (Lipinski definition) is 2. The largest absolute Gasteiger partial charge is 0.478 e. The molecular formula is C21H13NO4. The number of hydrogen-bond acceptors (Lipinski definition) is 3. The van der Waals surface area contributed by atoms with Crippen molar-refractivity contribution >= 4 is 33.6 Å². The molecule has 0 aliphatic rings. The van der Waals surface area contributed by atoms with Crippen molar-refractivity contribution in [2.75, 3.05) is 0 Å². The van der Waals surface area contributed by atoms with E-state index in [1.165, 1.54) is 0 Å². The third-order valence-corrected chi connectivity index (χ3v) is 4.35. The van der Waals surface area contributed by atoms with Crippen LogP contribution in [0.25, 0.3) is 32.8 Å². The van der Waals surface area contributed by atoms with Gasteiger partial charge in [-0.05, 0) is 22.4 Å². The zero-order chi connectivity index (χ0) is 18.3. The topological polar surface area (TPSA) is 87.5 Å². The van der Waals surface area contributed by atoms with Crippen LogP contribution >= 0.6 is 0 Å². The minimum Gasteiger partial charge on any atom is -0.478 e. The lowest BCUT2D eigenvalue weighted by molar-refractivity contribution is 0.0647. The summed E-state index contributed by atoms with van der Waals surface area (Å²) in [6, 6.07) is 20.1. The summed E-state index contributed by atoms with van der Waals surface area (Å²) in [6.45, 7) is 0. The van der Waals surface area contributed by atoms with E-state index in [0.29, 0.717) is 22.0 Å². The quantitative estimate of drug-likeness (QED) is 0.537. The molecule has 0 aliphatic carbocycles. The van der Waals surface area contributed by atoms with Crippen LogP contribution in [0.3, 0.4) is 0 Å². The van der Waals surface area contributed by atoms with Crippen LogP contribution in [0.15, 0.2) is 66.7 Å². The maximum atomic E-state index is 12.0. The van der Waals surface area contributed by atoms with Gasteiger partial charge >= 0.3 is 11.9 Å². The summed E-state index contributed by atoms with van der Waals surface area (Å²) in [5.74, 6) is -2.68. The number of aromatic nitrogens is 1. The van der Waals surface area contributed by atoms with Crippen LogP contribution < -0.4 is 0 Å². The first-order chi connectivity index (χ1) is 12.6. The second kappa shape index (κ2) is 5.97. The number of carboxylic acids is 2. The molecule has 0 amide bonds. The van der Waals surface area contributed by atoms with Crippen LogP contribution in [0, 0.1) is 0 Å². The Balaban J connectivity index is 2.31. The smallest absolute Gasteiger partial charge is 0.355 e. The highest BCUT2D eigenvalue weighted by Crippen LogP contribution is 2.37. The average Bonchev–Trinajstić information content (AvgIpc) is 2.66. The number of rotatable bonds is 3. The Hall–Kier alpha value is -3.73. The Labute approximate surface area is 148 Å². The zero-order valence-electron chi connectivity index (χ0n) is 13.5. The van der Waals surface area contributed by atoms with Crippen molar-refractivity contribution in [2.45, 2.75) is 0 Å². The van der Waals surface area contributed by atoms with Gasteiger partial charge in [0.1, 0.15) is 5.56 Å². The van der Waals surface area contributed by atoms with E-state index in [0.717, 1.165) is 10.8 Å². The van der Waals surface area contributed by atoms with Crippen LogP contribution in [0.1, 0.15) is 20.8 Å². The molecule has 1 heterocycles. The fraction of sp³-hybridized carbons (Fsp3) is 0. The molecule has 0 fully saturated rings. The van der Waals surface area contributed by atoms with Crippen molar-refractivity contribution in [1.29, 1.82) is 0 Å². The molecule has 4 rings (SSSR count). The first-order valence-corrected chi connectivity index (χ1v) is 7.95. The third-order valence-electron chi connectivity index (χ3n) is 4.35. The SMILES string of the molecule is O=C(O)c1nc2ccc3ccccc3c2c(-c2ccccc2)c1C(=O)O. The number of carbonyl (C=O) groups is 2. The Morgan fingerprint density at radius 1 is 0.769 bits per heavy atom. The highest BCUT2D eigenvalue weighted by molar-refractivity contribution is 6.19. The summed E-state index contributed by atoms with van der Waals surface area (Å²) in [5.41, 5.74) is 0.699. The first-order valence-electron chi connectivity index (χ1n) is 7.95. The molecule has 5 heteroatoms. The molecule has 4 aromatic rings. The molecule has 3 aromatic carbocycles. The third kappa shape index (κ3) is 2.38.